The van der Waals surface area contributed by atoms with Gasteiger partial charge in [0.15, 0.2) is 0 Å². The van der Waals surface area contributed by atoms with Crippen LogP contribution in [0.2, 0.25) is 0 Å². The Morgan fingerprint density at radius 1 is 0.968 bits per heavy atom. The minimum absolute atomic E-state index is 0.511. The number of anilines is 1. The highest BCUT2D eigenvalue weighted by Crippen LogP contribution is 2.28. The van der Waals surface area contributed by atoms with Gasteiger partial charge < -0.3 is 19.7 Å². The Morgan fingerprint density at radius 2 is 1.68 bits per heavy atom. The van der Waals surface area contributed by atoms with Crippen molar-refractivity contribution in [2.45, 2.75) is 32.4 Å². The van der Waals surface area contributed by atoms with Crippen molar-refractivity contribution in [2.24, 2.45) is 0 Å². The van der Waals surface area contributed by atoms with Gasteiger partial charge >= 0.3 is 0 Å². The van der Waals surface area contributed by atoms with E-state index in [1.165, 1.54) is 11.3 Å². The van der Waals surface area contributed by atoms with Gasteiger partial charge in [0.2, 0.25) is 0 Å². The molecule has 2 aromatic carbocycles. The van der Waals surface area contributed by atoms with E-state index in [-0.39, 0.29) is 0 Å². The summed E-state index contributed by atoms with van der Waals surface area (Å²) in [5.74, 6) is 1.77. The SMILES string of the molecule is CCOc1ccc(-c2cc(CN(c3ccc(OC)cc3)C3CCNCC3)ccn2)cc1. The Labute approximate surface area is 185 Å². The molecule has 0 radical (unpaired) electrons. The maximum absolute atomic E-state index is 5.56. The molecule has 0 bridgehead atoms. The molecule has 5 nitrogen and oxygen atoms in total. The van der Waals surface area contributed by atoms with E-state index in [0.29, 0.717) is 12.6 Å². The van der Waals surface area contributed by atoms with E-state index in [2.05, 4.69) is 51.6 Å². The van der Waals surface area contributed by atoms with Gasteiger partial charge in [-0.1, -0.05) is 0 Å². The van der Waals surface area contributed by atoms with Crippen LogP contribution in [0, 0.1) is 0 Å². The van der Waals surface area contributed by atoms with Crippen LogP contribution in [-0.4, -0.2) is 37.8 Å². The summed E-state index contributed by atoms with van der Waals surface area (Å²) in [5.41, 5.74) is 4.57. The van der Waals surface area contributed by atoms with Crippen LogP contribution in [0.1, 0.15) is 25.3 Å². The third-order valence-corrected chi connectivity index (χ3v) is 5.79. The van der Waals surface area contributed by atoms with Gasteiger partial charge in [-0.2, -0.15) is 0 Å². The van der Waals surface area contributed by atoms with Gasteiger partial charge in [0.1, 0.15) is 11.5 Å². The summed E-state index contributed by atoms with van der Waals surface area (Å²) in [5, 5.41) is 3.48. The Balaban J connectivity index is 1.58. The van der Waals surface area contributed by atoms with Crippen molar-refractivity contribution in [2.75, 3.05) is 31.7 Å². The van der Waals surface area contributed by atoms with E-state index in [4.69, 9.17) is 9.47 Å². The predicted molar refractivity (Wildman–Crippen MR) is 126 cm³/mol. The molecule has 5 heteroatoms. The van der Waals surface area contributed by atoms with Gasteiger partial charge in [-0.3, -0.25) is 4.98 Å². The van der Waals surface area contributed by atoms with Crippen molar-refractivity contribution in [1.82, 2.24) is 10.3 Å². The average molecular weight is 418 g/mol. The Morgan fingerprint density at radius 3 is 2.35 bits per heavy atom. The summed E-state index contributed by atoms with van der Waals surface area (Å²) >= 11 is 0. The number of piperidine rings is 1. The number of rotatable bonds is 8. The summed E-state index contributed by atoms with van der Waals surface area (Å²) < 4.78 is 10.9. The van der Waals surface area contributed by atoms with Crippen LogP contribution in [0.3, 0.4) is 0 Å². The molecule has 1 aromatic heterocycles. The van der Waals surface area contributed by atoms with Crippen molar-refractivity contribution in [3.8, 4) is 22.8 Å². The van der Waals surface area contributed by atoms with E-state index >= 15 is 0 Å². The molecule has 0 unspecified atom stereocenters. The average Bonchev–Trinajstić information content (AvgIpc) is 2.84. The Hall–Kier alpha value is -3.05. The lowest BCUT2D eigenvalue weighted by molar-refractivity contribution is 0.340. The molecule has 1 fully saturated rings. The summed E-state index contributed by atoms with van der Waals surface area (Å²) in [6.45, 7) is 5.64. The molecule has 1 aliphatic heterocycles. The van der Waals surface area contributed by atoms with Crippen molar-refractivity contribution < 1.29 is 9.47 Å². The van der Waals surface area contributed by atoms with Crippen LogP contribution in [0.5, 0.6) is 11.5 Å². The zero-order chi connectivity index (χ0) is 21.5. The minimum Gasteiger partial charge on any atom is -0.497 e. The fourth-order valence-corrected chi connectivity index (χ4v) is 4.14. The Kier molecular flexibility index (Phi) is 7.05. The fourth-order valence-electron chi connectivity index (χ4n) is 4.14. The largest absolute Gasteiger partial charge is 0.497 e. The molecular formula is C26H31N3O2. The van der Waals surface area contributed by atoms with Gasteiger partial charge in [0.25, 0.3) is 0 Å². The number of aromatic nitrogens is 1. The first-order valence-electron chi connectivity index (χ1n) is 11.1. The highest BCUT2D eigenvalue weighted by atomic mass is 16.5. The van der Waals surface area contributed by atoms with Gasteiger partial charge in [-0.15, -0.1) is 0 Å². The molecule has 0 aliphatic carbocycles. The molecule has 0 spiro atoms. The van der Waals surface area contributed by atoms with Crippen molar-refractivity contribution in [3.05, 3.63) is 72.4 Å². The Bertz CT molecular complexity index is 951. The zero-order valence-corrected chi connectivity index (χ0v) is 18.4. The summed E-state index contributed by atoms with van der Waals surface area (Å²) in [6, 6.07) is 21.4. The topological polar surface area (TPSA) is 46.6 Å². The van der Waals surface area contributed by atoms with E-state index in [1.54, 1.807) is 7.11 Å². The van der Waals surface area contributed by atoms with E-state index in [1.807, 2.05) is 37.4 Å². The molecule has 1 aliphatic rings. The number of nitrogens with one attached hydrogen (secondary N) is 1. The third kappa shape index (κ3) is 5.36. The number of hydrogen-bond acceptors (Lipinski definition) is 5. The molecule has 3 aromatic rings. The molecular weight excluding hydrogens is 386 g/mol. The van der Waals surface area contributed by atoms with Crippen LogP contribution in [0.15, 0.2) is 66.9 Å². The normalized spacial score (nSPS) is 14.3. The molecule has 4 rings (SSSR count). The van der Waals surface area contributed by atoms with E-state index in [0.717, 1.165) is 55.2 Å². The van der Waals surface area contributed by atoms with Crippen LogP contribution >= 0.6 is 0 Å². The fraction of sp³-hybridized carbons (Fsp3) is 0.346. The monoisotopic (exact) mass is 417 g/mol. The summed E-state index contributed by atoms with van der Waals surface area (Å²) in [4.78, 5) is 7.14. The van der Waals surface area contributed by atoms with Crippen molar-refractivity contribution >= 4 is 5.69 Å². The lowest BCUT2D eigenvalue weighted by Gasteiger charge is -2.36. The first-order valence-corrected chi connectivity index (χ1v) is 11.1. The third-order valence-electron chi connectivity index (χ3n) is 5.79. The smallest absolute Gasteiger partial charge is 0.119 e. The number of benzene rings is 2. The lowest BCUT2D eigenvalue weighted by Crippen LogP contribution is -2.43. The maximum Gasteiger partial charge on any atom is 0.119 e. The lowest BCUT2D eigenvalue weighted by atomic mass is 10.0. The van der Waals surface area contributed by atoms with Gasteiger partial charge in [-0.25, -0.2) is 0 Å². The highest BCUT2D eigenvalue weighted by molar-refractivity contribution is 5.61. The van der Waals surface area contributed by atoms with Crippen LogP contribution in [-0.2, 0) is 6.54 Å². The molecule has 2 heterocycles. The van der Waals surface area contributed by atoms with Gasteiger partial charge in [-0.05, 0) is 99.1 Å². The zero-order valence-electron chi connectivity index (χ0n) is 18.4. The number of pyridine rings is 1. The first kappa shape index (κ1) is 21.2. The van der Waals surface area contributed by atoms with Crippen LogP contribution in [0.4, 0.5) is 5.69 Å². The van der Waals surface area contributed by atoms with Crippen molar-refractivity contribution in [1.29, 1.82) is 0 Å². The molecule has 31 heavy (non-hydrogen) atoms. The second-order valence-corrected chi connectivity index (χ2v) is 7.81. The molecule has 162 valence electrons. The highest BCUT2D eigenvalue weighted by Gasteiger charge is 2.22. The molecule has 0 saturated carbocycles. The standard InChI is InChI=1S/C26H31N3O2/c1-3-31-25-8-4-21(5-9-25)26-18-20(12-17-28-26)19-29(23-13-15-27-16-14-23)22-6-10-24(30-2)11-7-22/h4-12,17-18,23,27H,3,13-16,19H2,1-2H3. The quantitative estimate of drug-likeness (QED) is 0.564. The molecule has 0 amide bonds. The summed E-state index contributed by atoms with van der Waals surface area (Å²) in [6.07, 6.45) is 4.20. The van der Waals surface area contributed by atoms with E-state index < -0.39 is 0 Å². The minimum atomic E-state index is 0.511. The summed E-state index contributed by atoms with van der Waals surface area (Å²) in [7, 11) is 1.71. The molecule has 0 atom stereocenters. The molecule has 1 saturated heterocycles. The predicted octanol–water partition coefficient (Wildman–Crippen LogP) is 4.91. The van der Waals surface area contributed by atoms with E-state index in [9.17, 15) is 0 Å². The van der Waals surface area contributed by atoms with Crippen molar-refractivity contribution in [3.63, 3.8) is 0 Å². The van der Waals surface area contributed by atoms with Crippen LogP contribution < -0.4 is 19.7 Å². The number of methoxy groups -OCH3 is 1. The molecule has 1 N–H and O–H groups in total. The number of hydrogen-bond donors (Lipinski definition) is 1. The number of ether oxygens (including phenoxy) is 2. The van der Waals surface area contributed by atoms with Gasteiger partial charge in [0, 0.05) is 30.0 Å². The number of nitrogens with zero attached hydrogens (tertiary/aromatic N) is 2. The second kappa shape index (κ2) is 10.3. The second-order valence-electron chi connectivity index (χ2n) is 7.81. The first-order chi connectivity index (χ1) is 15.3. The maximum atomic E-state index is 5.56. The van der Waals surface area contributed by atoms with Crippen LogP contribution in [0.25, 0.3) is 11.3 Å². The van der Waals surface area contributed by atoms with Gasteiger partial charge in [0.05, 0.1) is 19.4 Å².